The second kappa shape index (κ2) is 17.6. The lowest BCUT2D eigenvalue weighted by molar-refractivity contribution is -0.244. The van der Waals surface area contributed by atoms with Crippen LogP contribution in [0.1, 0.15) is 106 Å². The number of hydrogen-bond acceptors (Lipinski definition) is 3. The number of hydrogen-bond donors (Lipinski definition) is 0. The molecule has 0 aliphatic rings. The molecule has 176 valence electrons. The predicted octanol–water partition coefficient (Wildman–Crippen LogP) is 8.95. The van der Waals surface area contributed by atoms with Crippen molar-refractivity contribution in [3.05, 3.63) is 59.9 Å². The number of allylic oxidation sites excluding steroid dienone is 8. The summed E-state index contributed by atoms with van der Waals surface area (Å²) in [5.41, 5.74) is 3.15. The van der Waals surface area contributed by atoms with E-state index in [1.807, 2.05) is 13.0 Å². The van der Waals surface area contributed by atoms with Crippen LogP contribution in [0.25, 0.3) is 0 Å². The van der Waals surface area contributed by atoms with E-state index in [0.29, 0.717) is 12.2 Å². The number of carbonyl (C=O) groups excluding carboxylic acids is 1. The first-order valence-electron chi connectivity index (χ1n) is 11.9. The van der Waals surface area contributed by atoms with Gasteiger partial charge < -0.3 is 0 Å². The fraction of sp³-hybridized carbons (Fsp3) is 0.607. The number of carbonyl (C=O) groups is 1. The quantitative estimate of drug-likeness (QED) is 0.0577. The first-order chi connectivity index (χ1) is 14.7. The van der Waals surface area contributed by atoms with Gasteiger partial charge in [-0.1, -0.05) is 75.3 Å². The minimum absolute atomic E-state index is 0.228. The molecule has 3 heteroatoms. The molecule has 0 heterocycles. The Labute approximate surface area is 191 Å². The van der Waals surface area contributed by atoms with Crippen LogP contribution in [-0.2, 0) is 14.6 Å². The molecule has 0 aromatic rings. The van der Waals surface area contributed by atoms with Crippen molar-refractivity contribution in [1.29, 1.82) is 0 Å². The standard InChI is InChI=1S/C28H46O3/c1-8-17-27(29)31-30-26(5)21-13-9-10-14-22-28(6,7)23-15-11-12-19-25(4)20-16-18-24(2)3/h13-14,18-19,21-22H,5,8-12,15-17,20,23H2,1-4,6-7H3. The first kappa shape index (κ1) is 29.0. The molecule has 0 spiro atoms. The Kier molecular flexibility index (Phi) is 16.5. The molecule has 0 atom stereocenters. The van der Waals surface area contributed by atoms with Crippen LogP contribution in [0.5, 0.6) is 0 Å². The maximum Gasteiger partial charge on any atom is 0.355 e. The van der Waals surface area contributed by atoms with E-state index in [1.165, 1.54) is 43.3 Å². The smallest absolute Gasteiger partial charge is 0.288 e. The Bertz CT molecular complexity index is 629. The molecule has 0 saturated heterocycles. The molecule has 0 bridgehead atoms. The molecule has 0 aliphatic heterocycles. The van der Waals surface area contributed by atoms with Gasteiger partial charge in [0.1, 0.15) is 0 Å². The summed E-state index contributed by atoms with van der Waals surface area (Å²) in [6, 6.07) is 0. The molecule has 0 N–H and O–H groups in total. The second-order valence-electron chi connectivity index (χ2n) is 9.24. The van der Waals surface area contributed by atoms with Crippen LogP contribution in [0.15, 0.2) is 59.9 Å². The van der Waals surface area contributed by atoms with Crippen molar-refractivity contribution in [2.75, 3.05) is 0 Å². The molecular weight excluding hydrogens is 384 g/mol. The minimum Gasteiger partial charge on any atom is -0.288 e. The van der Waals surface area contributed by atoms with Crippen LogP contribution in [0.4, 0.5) is 0 Å². The van der Waals surface area contributed by atoms with Crippen molar-refractivity contribution in [3.8, 4) is 0 Å². The molecule has 0 fully saturated rings. The first-order valence-corrected chi connectivity index (χ1v) is 11.9. The zero-order valence-corrected chi connectivity index (χ0v) is 21.0. The summed E-state index contributed by atoms with van der Waals surface area (Å²) >= 11 is 0. The van der Waals surface area contributed by atoms with E-state index in [9.17, 15) is 4.79 Å². The third-order valence-electron chi connectivity index (χ3n) is 4.93. The highest BCUT2D eigenvalue weighted by atomic mass is 17.2. The fourth-order valence-electron chi connectivity index (χ4n) is 3.03. The highest BCUT2D eigenvalue weighted by Gasteiger charge is 2.12. The molecule has 0 unspecified atom stereocenters. The van der Waals surface area contributed by atoms with Crippen molar-refractivity contribution in [3.63, 3.8) is 0 Å². The van der Waals surface area contributed by atoms with E-state index in [2.05, 4.69) is 70.4 Å². The fourth-order valence-corrected chi connectivity index (χ4v) is 3.03. The van der Waals surface area contributed by atoms with Gasteiger partial charge in [-0.3, -0.25) is 9.78 Å². The second-order valence-corrected chi connectivity index (χ2v) is 9.24. The van der Waals surface area contributed by atoms with Gasteiger partial charge in [0.2, 0.25) is 0 Å². The predicted molar refractivity (Wildman–Crippen MR) is 133 cm³/mol. The van der Waals surface area contributed by atoms with Crippen LogP contribution >= 0.6 is 0 Å². The molecule has 0 aromatic carbocycles. The average Bonchev–Trinajstić information content (AvgIpc) is 2.68. The molecule has 0 aromatic heterocycles. The highest BCUT2D eigenvalue weighted by molar-refractivity contribution is 5.68. The zero-order valence-electron chi connectivity index (χ0n) is 21.0. The molecule has 31 heavy (non-hydrogen) atoms. The van der Waals surface area contributed by atoms with Crippen molar-refractivity contribution in [2.24, 2.45) is 5.41 Å². The van der Waals surface area contributed by atoms with Gasteiger partial charge in [0.25, 0.3) is 0 Å². The van der Waals surface area contributed by atoms with E-state index in [1.54, 1.807) is 6.08 Å². The van der Waals surface area contributed by atoms with Crippen LogP contribution in [-0.4, -0.2) is 5.97 Å². The van der Waals surface area contributed by atoms with E-state index in [-0.39, 0.29) is 11.4 Å². The van der Waals surface area contributed by atoms with Crippen LogP contribution < -0.4 is 0 Å². The summed E-state index contributed by atoms with van der Waals surface area (Å²) in [6.07, 6.45) is 23.2. The lowest BCUT2D eigenvalue weighted by Gasteiger charge is -2.19. The third kappa shape index (κ3) is 19.7. The van der Waals surface area contributed by atoms with Gasteiger partial charge in [-0.2, -0.15) is 0 Å². The molecule has 0 aliphatic carbocycles. The average molecular weight is 431 g/mol. The molecular formula is C28H46O3. The zero-order chi connectivity index (χ0) is 23.5. The summed E-state index contributed by atoms with van der Waals surface area (Å²) in [7, 11) is 0. The van der Waals surface area contributed by atoms with Gasteiger partial charge in [0.05, 0.1) is 0 Å². The Morgan fingerprint density at radius 3 is 2.29 bits per heavy atom. The van der Waals surface area contributed by atoms with Gasteiger partial charge >= 0.3 is 5.97 Å². The van der Waals surface area contributed by atoms with Crippen molar-refractivity contribution >= 4 is 5.97 Å². The maximum absolute atomic E-state index is 11.2. The van der Waals surface area contributed by atoms with Crippen LogP contribution in [0.2, 0.25) is 0 Å². The normalized spacial score (nSPS) is 12.4. The molecule has 0 rings (SSSR count). The molecule has 0 radical (unpaired) electrons. The number of unbranched alkanes of at least 4 members (excludes halogenated alkanes) is 3. The van der Waals surface area contributed by atoms with Gasteiger partial charge in [0, 0.05) is 6.42 Å². The Morgan fingerprint density at radius 2 is 1.61 bits per heavy atom. The SMILES string of the molecule is C=C(C=CCCC=CC(C)(C)CCCCC=C(C)CCC=C(C)C)OOC(=O)CCC. The van der Waals surface area contributed by atoms with Crippen molar-refractivity contribution in [2.45, 2.75) is 106 Å². The number of rotatable bonds is 17. The molecule has 0 saturated carbocycles. The van der Waals surface area contributed by atoms with Crippen LogP contribution in [0.3, 0.4) is 0 Å². The summed E-state index contributed by atoms with van der Waals surface area (Å²) in [4.78, 5) is 20.8. The van der Waals surface area contributed by atoms with Gasteiger partial charge in [-0.05, 0) is 83.6 Å². The molecule has 3 nitrogen and oxygen atoms in total. The van der Waals surface area contributed by atoms with Crippen molar-refractivity contribution < 1.29 is 14.6 Å². The Hall–Kier alpha value is -2.03. The van der Waals surface area contributed by atoms with Gasteiger partial charge in [-0.15, -0.1) is 0 Å². The highest BCUT2D eigenvalue weighted by Crippen LogP contribution is 2.26. The Morgan fingerprint density at radius 1 is 0.903 bits per heavy atom. The monoisotopic (exact) mass is 430 g/mol. The Balaban J connectivity index is 3.97. The summed E-state index contributed by atoms with van der Waals surface area (Å²) in [5, 5.41) is 0. The van der Waals surface area contributed by atoms with Gasteiger partial charge in [0.15, 0.2) is 5.76 Å². The maximum atomic E-state index is 11.2. The van der Waals surface area contributed by atoms with E-state index >= 15 is 0 Å². The third-order valence-corrected chi connectivity index (χ3v) is 4.93. The van der Waals surface area contributed by atoms with E-state index in [0.717, 1.165) is 25.7 Å². The molecule has 0 amide bonds. The van der Waals surface area contributed by atoms with Crippen LogP contribution in [0, 0.1) is 5.41 Å². The largest absolute Gasteiger partial charge is 0.355 e. The van der Waals surface area contributed by atoms with E-state index < -0.39 is 0 Å². The summed E-state index contributed by atoms with van der Waals surface area (Å²) in [6.45, 7) is 16.8. The van der Waals surface area contributed by atoms with E-state index in [4.69, 9.17) is 4.89 Å². The lowest BCUT2D eigenvalue weighted by atomic mass is 9.86. The summed E-state index contributed by atoms with van der Waals surface area (Å²) < 4.78 is 0. The van der Waals surface area contributed by atoms with Crippen molar-refractivity contribution in [1.82, 2.24) is 0 Å². The lowest BCUT2D eigenvalue weighted by Crippen LogP contribution is -2.06. The van der Waals surface area contributed by atoms with Gasteiger partial charge in [-0.25, -0.2) is 4.79 Å². The summed E-state index contributed by atoms with van der Waals surface area (Å²) in [5.74, 6) is -0.0252. The topological polar surface area (TPSA) is 35.5 Å². The minimum atomic E-state index is -0.368.